The van der Waals surface area contributed by atoms with Crippen molar-refractivity contribution in [3.05, 3.63) is 80.5 Å². The highest BCUT2D eigenvalue weighted by Crippen LogP contribution is 2.40. The first-order valence-electron chi connectivity index (χ1n) is 10.9. The molecule has 9 heteroatoms. The molecule has 0 amide bonds. The molecule has 3 aromatic rings. The zero-order valence-electron chi connectivity index (χ0n) is 19.7. The Kier molecular flexibility index (Phi) is 6.42. The van der Waals surface area contributed by atoms with Gasteiger partial charge in [0.15, 0.2) is 24.1 Å². The Morgan fingerprint density at radius 3 is 2.64 bits per heavy atom. The average Bonchev–Trinajstić information content (AvgIpc) is 3.18. The van der Waals surface area contributed by atoms with Crippen molar-refractivity contribution in [3.8, 4) is 28.7 Å². The lowest BCUT2D eigenvalue weighted by atomic mass is 10.0. The number of carbonyl (C=O) groups is 2. The molecule has 2 aliphatic rings. The van der Waals surface area contributed by atoms with E-state index in [1.807, 2.05) is 12.1 Å². The number of halogens is 1. The number of carbonyl (C=O) groups excluding carboxylic acids is 2. The van der Waals surface area contributed by atoms with E-state index < -0.39 is 5.97 Å². The third kappa shape index (κ3) is 4.43. The third-order valence-electron chi connectivity index (χ3n) is 5.76. The van der Waals surface area contributed by atoms with Gasteiger partial charge in [-0.25, -0.2) is 4.79 Å². The molecule has 0 radical (unpaired) electrons. The van der Waals surface area contributed by atoms with E-state index in [1.165, 1.54) is 26.4 Å². The van der Waals surface area contributed by atoms with Crippen molar-refractivity contribution < 1.29 is 38.0 Å². The van der Waals surface area contributed by atoms with Crippen LogP contribution in [0.3, 0.4) is 0 Å². The number of hydrogen-bond donors (Lipinski definition) is 0. The van der Waals surface area contributed by atoms with Crippen LogP contribution in [0.15, 0.2) is 52.7 Å². The van der Waals surface area contributed by atoms with Gasteiger partial charge in [-0.05, 0) is 55.0 Å². The van der Waals surface area contributed by atoms with E-state index in [0.29, 0.717) is 46.3 Å². The van der Waals surface area contributed by atoms with Gasteiger partial charge in [-0.1, -0.05) is 15.9 Å². The number of benzene rings is 3. The van der Waals surface area contributed by atoms with Crippen molar-refractivity contribution in [2.75, 3.05) is 21.0 Å². The molecule has 2 aliphatic heterocycles. The number of methoxy groups -OCH3 is 2. The van der Waals surface area contributed by atoms with E-state index >= 15 is 0 Å². The Morgan fingerprint density at radius 2 is 1.86 bits per heavy atom. The van der Waals surface area contributed by atoms with Gasteiger partial charge in [-0.3, -0.25) is 4.79 Å². The lowest BCUT2D eigenvalue weighted by molar-refractivity contribution is -0.0165. The van der Waals surface area contributed by atoms with Crippen molar-refractivity contribution in [1.29, 1.82) is 0 Å². The molecule has 0 aliphatic carbocycles. The molecule has 0 spiro atoms. The summed E-state index contributed by atoms with van der Waals surface area (Å²) in [5.41, 5.74) is 2.88. The second kappa shape index (κ2) is 9.67. The highest BCUT2D eigenvalue weighted by molar-refractivity contribution is 9.10. The molecule has 2 heterocycles. The summed E-state index contributed by atoms with van der Waals surface area (Å²) in [6, 6.07) is 11.7. The van der Waals surface area contributed by atoms with Gasteiger partial charge < -0.3 is 28.4 Å². The normalized spacial score (nSPS) is 15.0. The topological polar surface area (TPSA) is 89.5 Å². The van der Waals surface area contributed by atoms with Gasteiger partial charge in [-0.15, -0.1) is 0 Å². The summed E-state index contributed by atoms with van der Waals surface area (Å²) in [4.78, 5) is 25.9. The van der Waals surface area contributed by atoms with Gasteiger partial charge >= 0.3 is 5.97 Å². The Balaban J connectivity index is 1.42. The maximum Gasteiger partial charge on any atom is 0.343 e. The summed E-state index contributed by atoms with van der Waals surface area (Å²) in [6.45, 7) is 2.31. The van der Waals surface area contributed by atoms with Crippen LogP contribution in [0.25, 0.3) is 6.08 Å². The second-order valence-electron chi connectivity index (χ2n) is 8.11. The smallest absolute Gasteiger partial charge is 0.343 e. The molecule has 3 aromatic carbocycles. The summed E-state index contributed by atoms with van der Waals surface area (Å²) in [5, 5.41) is 0. The molecule has 0 aromatic heterocycles. The Hall–Kier alpha value is -3.82. The van der Waals surface area contributed by atoms with E-state index in [1.54, 1.807) is 31.2 Å². The van der Waals surface area contributed by atoms with Crippen molar-refractivity contribution in [2.45, 2.75) is 13.5 Å². The molecule has 0 unspecified atom stereocenters. The number of esters is 1. The number of allylic oxidation sites excluding steroid dienone is 1. The predicted octanol–water partition coefficient (Wildman–Crippen LogP) is 5.48. The van der Waals surface area contributed by atoms with E-state index in [9.17, 15) is 9.59 Å². The molecular weight excluding hydrogens is 532 g/mol. The maximum absolute atomic E-state index is 13.2. The van der Waals surface area contributed by atoms with Gasteiger partial charge in [0.2, 0.25) is 5.78 Å². The summed E-state index contributed by atoms with van der Waals surface area (Å²) >= 11 is 3.48. The molecule has 0 saturated heterocycles. The minimum Gasteiger partial charge on any atom is -0.493 e. The SMILES string of the molecule is COc1ccc(C(=O)Oc2cc(C)c3c(c2)O/C(=C\c2cc(Br)cc4c2OCOC4)C3=O)cc1OC. The van der Waals surface area contributed by atoms with Crippen LogP contribution in [0, 0.1) is 6.92 Å². The molecule has 36 heavy (non-hydrogen) atoms. The zero-order chi connectivity index (χ0) is 25.4. The van der Waals surface area contributed by atoms with Crippen LogP contribution in [0.2, 0.25) is 0 Å². The molecule has 8 nitrogen and oxygen atoms in total. The van der Waals surface area contributed by atoms with Crippen LogP contribution in [0.4, 0.5) is 0 Å². The molecule has 0 fully saturated rings. The molecule has 184 valence electrons. The minimum absolute atomic E-state index is 0.133. The molecular formula is C27H21BrO8. The maximum atomic E-state index is 13.2. The monoisotopic (exact) mass is 552 g/mol. The third-order valence-corrected chi connectivity index (χ3v) is 6.22. The van der Waals surface area contributed by atoms with Crippen LogP contribution >= 0.6 is 15.9 Å². The highest BCUT2D eigenvalue weighted by atomic mass is 79.9. The Morgan fingerprint density at radius 1 is 1.06 bits per heavy atom. The average molecular weight is 553 g/mol. The van der Waals surface area contributed by atoms with E-state index in [4.69, 9.17) is 28.4 Å². The molecule has 5 rings (SSSR count). The van der Waals surface area contributed by atoms with Crippen LogP contribution in [0.1, 0.15) is 37.4 Å². The fraction of sp³-hybridized carbons (Fsp3) is 0.185. The van der Waals surface area contributed by atoms with Crippen molar-refractivity contribution >= 4 is 33.8 Å². The van der Waals surface area contributed by atoms with Gasteiger partial charge in [0.1, 0.15) is 17.2 Å². The van der Waals surface area contributed by atoms with Crippen LogP contribution in [0.5, 0.6) is 28.7 Å². The second-order valence-corrected chi connectivity index (χ2v) is 9.02. The molecule has 0 bridgehead atoms. The van der Waals surface area contributed by atoms with Gasteiger partial charge in [0.25, 0.3) is 0 Å². The molecule has 0 saturated carbocycles. The van der Waals surface area contributed by atoms with Gasteiger partial charge in [0, 0.05) is 21.7 Å². The fourth-order valence-electron chi connectivity index (χ4n) is 4.12. The largest absolute Gasteiger partial charge is 0.493 e. The van der Waals surface area contributed by atoms with Crippen molar-refractivity contribution in [3.63, 3.8) is 0 Å². The fourth-order valence-corrected chi connectivity index (χ4v) is 4.65. The standard InChI is InChI=1S/C27H21BrO8/c1-14-6-19(35-27(30)15-4-5-20(31-2)21(9-15)32-3)11-22-24(14)25(29)23(36-22)10-16-7-18(28)8-17-12-33-13-34-26(16)17/h4-11H,12-13H2,1-3H3/b23-10-. The van der Waals surface area contributed by atoms with Crippen molar-refractivity contribution in [1.82, 2.24) is 0 Å². The highest BCUT2D eigenvalue weighted by Gasteiger charge is 2.31. The van der Waals surface area contributed by atoms with E-state index in [-0.39, 0.29) is 29.6 Å². The summed E-state index contributed by atoms with van der Waals surface area (Å²) in [5.74, 6) is 1.41. The number of hydrogen-bond acceptors (Lipinski definition) is 8. The zero-order valence-corrected chi connectivity index (χ0v) is 21.3. The van der Waals surface area contributed by atoms with E-state index in [0.717, 1.165) is 10.0 Å². The van der Waals surface area contributed by atoms with E-state index in [2.05, 4.69) is 15.9 Å². The summed E-state index contributed by atoms with van der Waals surface area (Å²) < 4.78 is 33.8. The predicted molar refractivity (Wildman–Crippen MR) is 133 cm³/mol. The number of ether oxygens (including phenoxy) is 6. The van der Waals surface area contributed by atoms with Crippen LogP contribution < -0.4 is 23.7 Å². The summed E-state index contributed by atoms with van der Waals surface area (Å²) in [7, 11) is 3.00. The first-order chi connectivity index (χ1) is 17.4. The molecule has 0 N–H and O–H groups in total. The first kappa shape index (κ1) is 23.9. The quantitative estimate of drug-likeness (QED) is 0.233. The first-order valence-corrected chi connectivity index (χ1v) is 11.7. The van der Waals surface area contributed by atoms with Crippen LogP contribution in [-0.2, 0) is 11.3 Å². The number of ketones is 1. The lowest BCUT2D eigenvalue weighted by Gasteiger charge is -2.20. The van der Waals surface area contributed by atoms with Crippen LogP contribution in [-0.4, -0.2) is 32.8 Å². The summed E-state index contributed by atoms with van der Waals surface area (Å²) in [6.07, 6.45) is 1.64. The number of Topliss-reactive ketones (excluding diaryl/α,β-unsaturated/α-hetero) is 1. The van der Waals surface area contributed by atoms with Gasteiger partial charge in [0.05, 0.1) is 32.0 Å². The van der Waals surface area contributed by atoms with Crippen molar-refractivity contribution in [2.24, 2.45) is 0 Å². The number of aryl methyl sites for hydroxylation is 1. The Labute approximate surface area is 215 Å². The van der Waals surface area contributed by atoms with Gasteiger partial charge in [-0.2, -0.15) is 0 Å². The molecule has 0 atom stereocenters. The minimum atomic E-state index is -0.587. The Bertz CT molecular complexity index is 1430. The lowest BCUT2D eigenvalue weighted by Crippen LogP contribution is -2.12. The number of fused-ring (bicyclic) bond motifs is 2. The number of rotatable bonds is 5.